The molecule has 0 unspecified atom stereocenters. The van der Waals surface area contributed by atoms with Crippen molar-refractivity contribution < 1.29 is 63.9 Å². The molecule has 0 aliphatic rings. The van der Waals surface area contributed by atoms with Crippen molar-refractivity contribution in [3.63, 3.8) is 0 Å². The summed E-state index contributed by atoms with van der Waals surface area (Å²) in [5.74, 6) is -1.25. The van der Waals surface area contributed by atoms with Gasteiger partial charge in [0.2, 0.25) is 22.4 Å². The summed E-state index contributed by atoms with van der Waals surface area (Å²) in [7, 11) is 5.42. The molecule has 6 aromatic rings. The molecule has 2 heterocycles. The number of fused-ring (bicyclic) bond motifs is 2. The molecule has 4 aromatic carbocycles. The smallest absolute Gasteiger partial charge is 0.239 e. The average Bonchev–Trinajstić information content (AvgIpc) is 3.04. The quantitative estimate of drug-likeness (QED) is 0.143. The highest BCUT2D eigenvalue weighted by atomic mass is 16.5. The van der Waals surface area contributed by atoms with Gasteiger partial charge in [-0.05, 0) is 36.4 Å². The van der Waals surface area contributed by atoms with E-state index in [4.69, 9.17) is 27.8 Å². The van der Waals surface area contributed by atoms with Gasteiger partial charge in [0.25, 0.3) is 0 Å². The Hall–Kier alpha value is -6.74. The third-order valence-corrected chi connectivity index (χ3v) is 7.13. The predicted octanol–water partition coefficient (Wildman–Crippen LogP) is 4.36. The standard InChI is InChI=1S/2C17H14O7.H2O/c2*1-22-12-4-3-8(5-10(12)19)16-17(23-2)15(21)14-11(20)6-9(18)7-13(14)24-16;/h2*3-7,18-20H,1-2H3;1H2. The van der Waals surface area contributed by atoms with E-state index in [0.717, 1.165) is 12.1 Å². The van der Waals surface area contributed by atoms with Gasteiger partial charge in [0.15, 0.2) is 34.5 Å². The van der Waals surface area contributed by atoms with E-state index in [1.165, 1.54) is 64.8 Å². The molecule has 0 saturated carbocycles. The topological polar surface area (TPSA) is 250 Å². The molecule has 0 spiro atoms. The summed E-state index contributed by atoms with van der Waals surface area (Å²) in [6.45, 7) is 0. The Kier molecular flexibility index (Phi) is 9.99. The fourth-order valence-corrected chi connectivity index (χ4v) is 4.95. The lowest BCUT2D eigenvalue weighted by Gasteiger charge is -2.11. The van der Waals surface area contributed by atoms with Crippen molar-refractivity contribution in [2.24, 2.45) is 0 Å². The van der Waals surface area contributed by atoms with Crippen molar-refractivity contribution in [3.8, 4) is 80.1 Å². The van der Waals surface area contributed by atoms with Crippen molar-refractivity contribution in [2.45, 2.75) is 0 Å². The molecule has 0 radical (unpaired) electrons. The zero-order chi connectivity index (χ0) is 34.9. The summed E-state index contributed by atoms with van der Waals surface area (Å²) in [5.41, 5.74) is -0.478. The maximum absolute atomic E-state index is 12.6. The highest BCUT2D eigenvalue weighted by molar-refractivity contribution is 5.89. The average molecular weight is 679 g/mol. The number of hydrogen-bond acceptors (Lipinski definition) is 14. The first-order valence-electron chi connectivity index (χ1n) is 13.8. The lowest BCUT2D eigenvalue weighted by atomic mass is 10.1. The normalized spacial score (nSPS) is 10.5. The molecule has 256 valence electrons. The van der Waals surface area contributed by atoms with Crippen LogP contribution in [0.2, 0.25) is 0 Å². The second-order valence-electron chi connectivity index (χ2n) is 10.0. The van der Waals surface area contributed by atoms with Gasteiger partial charge in [-0.15, -0.1) is 0 Å². The van der Waals surface area contributed by atoms with E-state index in [1.54, 1.807) is 12.1 Å². The van der Waals surface area contributed by atoms with Gasteiger partial charge in [-0.3, -0.25) is 9.59 Å². The number of phenols is 6. The Morgan fingerprint density at radius 3 is 1.16 bits per heavy atom. The van der Waals surface area contributed by atoms with E-state index < -0.39 is 22.4 Å². The lowest BCUT2D eigenvalue weighted by Crippen LogP contribution is -2.07. The summed E-state index contributed by atoms with van der Waals surface area (Å²) < 4.78 is 31.5. The van der Waals surface area contributed by atoms with Crippen molar-refractivity contribution in [2.75, 3.05) is 28.4 Å². The Bertz CT molecular complexity index is 2140. The van der Waals surface area contributed by atoms with Crippen molar-refractivity contribution in [1.82, 2.24) is 0 Å². The first kappa shape index (κ1) is 35.1. The molecule has 15 nitrogen and oxygen atoms in total. The van der Waals surface area contributed by atoms with E-state index in [9.17, 15) is 40.2 Å². The van der Waals surface area contributed by atoms with Gasteiger partial charge in [0.1, 0.15) is 44.9 Å². The van der Waals surface area contributed by atoms with Gasteiger partial charge in [-0.2, -0.15) is 0 Å². The minimum absolute atomic E-state index is 0. The van der Waals surface area contributed by atoms with Crippen LogP contribution in [0.4, 0.5) is 0 Å². The summed E-state index contributed by atoms with van der Waals surface area (Å²) in [4.78, 5) is 25.2. The number of benzene rings is 4. The number of aromatic hydroxyl groups is 6. The van der Waals surface area contributed by atoms with Crippen molar-refractivity contribution in [3.05, 3.63) is 81.1 Å². The first-order valence-corrected chi connectivity index (χ1v) is 13.8. The molecule has 0 saturated heterocycles. The van der Waals surface area contributed by atoms with Gasteiger partial charge in [0, 0.05) is 35.4 Å². The Morgan fingerprint density at radius 1 is 0.490 bits per heavy atom. The maximum Gasteiger partial charge on any atom is 0.239 e. The van der Waals surface area contributed by atoms with Crippen LogP contribution in [-0.4, -0.2) is 64.6 Å². The third-order valence-electron chi connectivity index (χ3n) is 7.13. The van der Waals surface area contributed by atoms with Crippen LogP contribution in [0.3, 0.4) is 0 Å². The highest BCUT2D eigenvalue weighted by Gasteiger charge is 2.22. The lowest BCUT2D eigenvalue weighted by molar-refractivity contribution is 0.373. The monoisotopic (exact) mass is 678 g/mol. The molecule has 6 rings (SSSR count). The van der Waals surface area contributed by atoms with Crippen LogP contribution in [0.5, 0.6) is 57.5 Å². The first-order chi connectivity index (χ1) is 22.9. The van der Waals surface area contributed by atoms with Crippen LogP contribution in [0.1, 0.15) is 0 Å². The van der Waals surface area contributed by atoms with Crippen LogP contribution < -0.4 is 29.8 Å². The van der Waals surface area contributed by atoms with E-state index in [2.05, 4.69) is 0 Å². The van der Waals surface area contributed by atoms with Crippen LogP contribution in [0.15, 0.2) is 79.1 Å². The largest absolute Gasteiger partial charge is 0.508 e. The Balaban J connectivity index is 0.000000216. The van der Waals surface area contributed by atoms with E-state index in [0.29, 0.717) is 11.1 Å². The Morgan fingerprint density at radius 2 is 0.857 bits per heavy atom. The minimum Gasteiger partial charge on any atom is -0.508 e. The molecule has 15 heteroatoms. The second kappa shape index (κ2) is 13.9. The molecule has 49 heavy (non-hydrogen) atoms. The molecule has 0 fully saturated rings. The fourth-order valence-electron chi connectivity index (χ4n) is 4.95. The molecule has 2 aromatic heterocycles. The summed E-state index contributed by atoms with van der Waals surface area (Å²) >= 11 is 0. The molecular formula is C34H30O15. The number of rotatable bonds is 6. The van der Waals surface area contributed by atoms with Gasteiger partial charge >= 0.3 is 0 Å². The molecule has 0 atom stereocenters. The van der Waals surface area contributed by atoms with Gasteiger partial charge in [-0.25, -0.2) is 0 Å². The van der Waals surface area contributed by atoms with Crippen molar-refractivity contribution in [1.29, 1.82) is 0 Å². The number of hydrogen-bond donors (Lipinski definition) is 6. The summed E-state index contributed by atoms with van der Waals surface area (Å²) in [5, 5.41) is 58.6. The fraction of sp³-hybridized carbons (Fsp3) is 0.118. The third kappa shape index (κ3) is 6.45. The van der Waals surface area contributed by atoms with Crippen LogP contribution >= 0.6 is 0 Å². The SMILES string of the molecule is COc1ccc(-c2oc3cc(O)cc(O)c3c(=O)c2OC)cc1O.COc1ccc(-c2oc3cc(O)cc(O)c3c(=O)c2OC)cc1O.O. The molecule has 8 N–H and O–H groups in total. The minimum atomic E-state index is -0.596. The van der Waals surface area contributed by atoms with E-state index in [1.807, 2.05) is 0 Å². The summed E-state index contributed by atoms with van der Waals surface area (Å²) in [6, 6.07) is 13.4. The van der Waals surface area contributed by atoms with Crippen LogP contribution in [-0.2, 0) is 0 Å². The molecule has 0 amide bonds. The molecular weight excluding hydrogens is 648 g/mol. The highest BCUT2D eigenvalue weighted by Crippen LogP contribution is 2.40. The molecule has 0 aliphatic heterocycles. The van der Waals surface area contributed by atoms with Crippen molar-refractivity contribution >= 4 is 21.9 Å². The number of methoxy groups -OCH3 is 4. The maximum atomic E-state index is 12.6. The van der Waals surface area contributed by atoms with E-state index in [-0.39, 0.29) is 84.9 Å². The van der Waals surface area contributed by atoms with Gasteiger partial charge in [0.05, 0.1) is 28.4 Å². The van der Waals surface area contributed by atoms with Gasteiger partial charge < -0.3 is 63.9 Å². The molecule has 0 bridgehead atoms. The second-order valence-corrected chi connectivity index (χ2v) is 10.0. The predicted molar refractivity (Wildman–Crippen MR) is 176 cm³/mol. The number of ether oxygens (including phenoxy) is 4. The number of phenolic OH excluding ortho intramolecular Hbond substituents is 6. The molecule has 0 aliphatic carbocycles. The van der Waals surface area contributed by atoms with Crippen LogP contribution in [0, 0.1) is 0 Å². The zero-order valence-corrected chi connectivity index (χ0v) is 26.2. The van der Waals surface area contributed by atoms with E-state index >= 15 is 0 Å². The summed E-state index contributed by atoms with van der Waals surface area (Å²) in [6.07, 6.45) is 0. The zero-order valence-electron chi connectivity index (χ0n) is 26.2. The van der Waals surface area contributed by atoms with Crippen LogP contribution in [0.25, 0.3) is 44.6 Å². The Labute approximate surface area is 275 Å². The van der Waals surface area contributed by atoms with Gasteiger partial charge in [-0.1, -0.05) is 0 Å².